The lowest BCUT2D eigenvalue weighted by Crippen LogP contribution is -2.37. The van der Waals surface area contributed by atoms with Crippen LogP contribution in [0.15, 0.2) is 77.0 Å². The first-order valence-corrected chi connectivity index (χ1v) is 13.4. The molecule has 5 aromatic rings. The maximum atomic E-state index is 13.8. The number of benzene rings is 1. The third-order valence-corrected chi connectivity index (χ3v) is 8.16. The van der Waals surface area contributed by atoms with E-state index in [0.29, 0.717) is 16.0 Å². The van der Waals surface area contributed by atoms with E-state index in [4.69, 9.17) is 5.10 Å². The van der Waals surface area contributed by atoms with Crippen molar-refractivity contribution in [1.82, 2.24) is 24.4 Å². The SMILES string of the molecule is Cc1c(-c2cc(Sc3ccc(F)cc3C#N)c3c(C#N)cnn3c2)cnn1[C@H]1CCCN(c2ccccn2)C1. The smallest absolute Gasteiger partial charge is 0.128 e. The van der Waals surface area contributed by atoms with Crippen LogP contribution < -0.4 is 4.90 Å². The minimum atomic E-state index is -0.468. The average Bonchev–Trinajstić information content (AvgIpc) is 3.57. The predicted octanol–water partition coefficient (Wildman–Crippen LogP) is 5.78. The zero-order valence-electron chi connectivity index (χ0n) is 21.1. The number of halogens is 1. The van der Waals surface area contributed by atoms with E-state index in [9.17, 15) is 14.9 Å². The summed E-state index contributed by atoms with van der Waals surface area (Å²) in [5.41, 5.74) is 4.18. The topological polar surface area (TPSA) is 98.8 Å². The number of rotatable bonds is 5. The summed E-state index contributed by atoms with van der Waals surface area (Å²) in [6.07, 6.45) is 9.19. The van der Waals surface area contributed by atoms with E-state index >= 15 is 0 Å². The second-order valence-corrected chi connectivity index (χ2v) is 10.5. The van der Waals surface area contributed by atoms with Gasteiger partial charge in [-0.1, -0.05) is 17.8 Å². The molecule has 1 aliphatic rings. The molecule has 1 aromatic carbocycles. The van der Waals surface area contributed by atoms with Crippen LogP contribution in [0.3, 0.4) is 0 Å². The van der Waals surface area contributed by atoms with E-state index in [1.54, 1.807) is 10.6 Å². The Bertz CT molecular complexity index is 1760. The van der Waals surface area contributed by atoms with Crippen molar-refractivity contribution >= 4 is 23.1 Å². The van der Waals surface area contributed by atoms with E-state index in [1.165, 1.54) is 30.1 Å². The molecule has 0 bridgehead atoms. The minimum absolute atomic E-state index is 0.208. The number of hydrogen-bond donors (Lipinski definition) is 0. The van der Waals surface area contributed by atoms with Crippen molar-refractivity contribution in [2.45, 2.75) is 35.6 Å². The molecule has 0 spiro atoms. The maximum Gasteiger partial charge on any atom is 0.128 e. The molecule has 1 atom stereocenters. The third kappa shape index (κ3) is 4.60. The lowest BCUT2D eigenvalue weighted by atomic mass is 10.0. The fraction of sp³-hybridized carbons (Fsp3) is 0.207. The Kier molecular flexibility index (Phi) is 6.47. The van der Waals surface area contributed by atoms with Crippen LogP contribution in [0.25, 0.3) is 16.6 Å². The van der Waals surface area contributed by atoms with Crippen molar-refractivity contribution in [2.24, 2.45) is 0 Å². The van der Waals surface area contributed by atoms with E-state index in [-0.39, 0.29) is 11.6 Å². The number of anilines is 1. The number of fused-ring (bicyclic) bond motifs is 1. The van der Waals surface area contributed by atoms with Gasteiger partial charge in [0.2, 0.25) is 0 Å². The van der Waals surface area contributed by atoms with Crippen LogP contribution in [-0.2, 0) is 0 Å². The summed E-state index contributed by atoms with van der Waals surface area (Å²) in [4.78, 5) is 8.18. The van der Waals surface area contributed by atoms with Gasteiger partial charge in [-0.3, -0.25) is 4.68 Å². The zero-order chi connectivity index (χ0) is 26.9. The second-order valence-electron chi connectivity index (χ2n) is 9.43. The number of nitriles is 2. The van der Waals surface area contributed by atoms with Crippen LogP contribution >= 0.6 is 11.8 Å². The largest absolute Gasteiger partial charge is 0.354 e. The van der Waals surface area contributed by atoms with Crippen molar-refractivity contribution in [1.29, 1.82) is 10.5 Å². The van der Waals surface area contributed by atoms with Crippen molar-refractivity contribution in [3.05, 3.63) is 89.9 Å². The maximum absolute atomic E-state index is 13.8. The average molecular weight is 535 g/mol. The molecule has 0 amide bonds. The van der Waals surface area contributed by atoms with Gasteiger partial charge in [0.25, 0.3) is 0 Å². The molecular formula is C29H23FN8S. The second kappa shape index (κ2) is 10.2. The highest BCUT2D eigenvalue weighted by Crippen LogP contribution is 2.38. The van der Waals surface area contributed by atoms with Crippen LogP contribution in [0.1, 0.15) is 35.7 Å². The van der Waals surface area contributed by atoms with Crippen molar-refractivity contribution in [3.8, 4) is 23.3 Å². The molecule has 10 heteroatoms. The summed E-state index contributed by atoms with van der Waals surface area (Å²) in [6.45, 7) is 3.86. The van der Waals surface area contributed by atoms with Crippen LogP contribution in [0, 0.1) is 35.4 Å². The Morgan fingerprint density at radius 2 is 1.90 bits per heavy atom. The molecule has 1 fully saturated rings. The van der Waals surface area contributed by atoms with Gasteiger partial charge in [-0.2, -0.15) is 20.7 Å². The number of nitrogens with zero attached hydrogens (tertiary/aromatic N) is 8. The Morgan fingerprint density at radius 1 is 1.03 bits per heavy atom. The standard InChI is InChI=1S/C29H23FN8S/c1-19-25(16-35-38(19)24-5-4-10-36(18-24)28-6-2-3-9-33-28)21-12-27(29-22(14-32)15-34-37(29)17-21)39-26-8-7-23(30)11-20(26)13-31/h2-3,6-9,11-12,15-17,24H,4-5,10,18H2,1H3/t24-/m0/s1. The summed E-state index contributed by atoms with van der Waals surface area (Å²) in [5.74, 6) is 0.507. The molecule has 0 aliphatic carbocycles. The highest BCUT2D eigenvalue weighted by atomic mass is 32.2. The van der Waals surface area contributed by atoms with Gasteiger partial charge in [0, 0.05) is 52.1 Å². The van der Waals surface area contributed by atoms with Crippen molar-refractivity contribution < 1.29 is 4.39 Å². The summed E-state index contributed by atoms with van der Waals surface area (Å²) in [7, 11) is 0. The first-order chi connectivity index (χ1) is 19.1. The molecule has 0 radical (unpaired) electrons. The number of pyridine rings is 2. The summed E-state index contributed by atoms with van der Waals surface area (Å²) >= 11 is 1.32. The molecule has 0 unspecified atom stereocenters. The molecule has 39 heavy (non-hydrogen) atoms. The highest BCUT2D eigenvalue weighted by molar-refractivity contribution is 7.99. The third-order valence-electron chi connectivity index (χ3n) is 7.05. The minimum Gasteiger partial charge on any atom is -0.354 e. The molecule has 4 aromatic heterocycles. The van der Waals surface area contributed by atoms with Gasteiger partial charge in [-0.15, -0.1) is 0 Å². The number of aromatic nitrogens is 5. The Hall–Kier alpha value is -4.67. The molecule has 1 aliphatic heterocycles. The molecule has 8 nitrogen and oxygen atoms in total. The normalized spacial score (nSPS) is 15.3. The predicted molar refractivity (Wildman–Crippen MR) is 146 cm³/mol. The Balaban J connectivity index is 1.38. The van der Waals surface area contributed by atoms with Gasteiger partial charge in [-0.25, -0.2) is 13.9 Å². The molecule has 6 rings (SSSR count). The fourth-order valence-corrected chi connectivity index (χ4v) is 6.24. The van der Waals surface area contributed by atoms with Crippen LogP contribution in [0.2, 0.25) is 0 Å². The Morgan fingerprint density at radius 3 is 2.69 bits per heavy atom. The van der Waals surface area contributed by atoms with Crippen LogP contribution in [-0.4, -0.2) is 37.5 Å². The Labute approximate surface area is 228 Å². The van der Waals surface area contributed by atoms with Gasteiger partial charge >= 0.3 is 0 Å². The lowest BCUT2D eigenvalue weighted by molar-refractivity contribution is 0.369. The molecule has 5 heterocycles. The molecule has 192 valence electrons. The molecule has 1 saturated heterocycles. The monoisotopic (exact) mass is 534 g/mol. The van der Waals surface area contributed by atoms with Crippen LogP contribution in [0.4, 0.5) is 10.2 Å². The van der Waals surface area contributed by atoms with E-state index in [0.717, 1.165) is 53.5 Å². The highest BCUT2D eigenvalue weighted by Gasteiger charge is 2.25. The van der Waals surface area contributed by atoms with E-state index in [1.807, 2.05) is 42.9 Å². The first-order valence-electron chi connectivity index (χ1n) is 12.5. The number of hydrogen-bond acceptors (Lipinski definition) is 7. The fourth-order valence-electron chi connectivity index (χ4n) is 5.17. The zero-order valence-corrected chi connectivity index (χ0v) is 21.9. The van der Waals surface area contributed by atoms with Gasteiger partial charge in [0.15, 0.2) is 0 Å². The molecule has 0 saturated carbocycles. The van der Waals surface area contributed by atoms with Crippen molar-refractivity contribution in [3.63, 3.8) is 0 Å². The van der Waals surface area contributed by atoms with Gasteiger partial charge in [-0.05, 0) is 56.2 Å². The van der Waals surface area contributed by atoms with E-state index in [2.05, 4.69) is 38.7 Å². The number of piperidine rings is 1. The molecular weight excluding hydrogens is 511 g/mol. The molecule has 0 N–H and O–H groups in total. The van der Waals surface area contributed by atoms with Gasteiger partial charge in [0.05, 0.1) is 35.1 Å². The van der Waals surface area contributed by atoms with Gasteiger partial charge in [0.1, 0.15) is 23.8 Å². The lowest BCUT2D eigenvalue weighted by Gasteiger charge is -2.34. The first kappa shape index (κ1) is 24.7. The van der Waals surface area contributed by atoms with Gasteiger partial charge < -0.3 is 4.90 Å². The summed E-state index contributed by atoms with van der Waals surface area (Å²) < 4.78 is 17.6. The van der Waals surface area contributed by atoms with E-state index < -0.39 is 5.82 Å². The summed E-state index contributed by atoms with van der Waals surface area (Å²) in [5, 5.41) is 28.5. The van der Waals surface area contributed by atoms with Crippen molar-refractivity contribution in [2.75, 3.05) is 18.0 Å². The summed E-state index contributed by atoms with van der Waals surface area (Å²) in [6, 6.07) is 16.6. The van der Waals surface area contributed by atoms with Crippen LogP contribution in [0.5, 0.6) is 0 Å². The quantitative estimate of drug-likeness (QED) is 0.282.